The number of benzene rings is 3. The second kappa shape index (κ2) is 9.88. The number of rotatable bonds is 8. The summed E-state index contributed by atoms with van der Waals surface area (Å²) in [5.41, 5.74) is 2.52. The van der Waals surface area contributed by atoms with E-state index in [9.17, 15) is 13.2 Å². The summed E-state index contributed by atoms with van der Waals surface area (Å²) in [6, 6.07) is 19.3. The number of para-hydroxylation sites is 2. The molecule has 10 heteroatoms. The maximum Gasteiger partial charge on any atom is 0.257 e. The molecule has 4 aromatic rings. The highest BCUT2D eigenvalue weighted by Gasteiger charge is 2.19. The average Bonchev–Trinajstić information content (AvgIpc) is 3.22. The van der Waals surface area contributed by atoms with Crippen molar-refractivity contribution in [1.82, 2.24) is 9.29 Å². The number of nitrogens with one attached hydrogen (secondary N) is 1. The number of hydrogen-bond donors (Lipinski definition) is 1. The fraction of sp³-hybridized carbons (Fsp3) is 0.167. The van der Waals surface area contributed by atoms with Crippen LogP contribution in [0.5, 0.6) is 11.5 Å². The van der Waals surface area contributed by atoms with Gasteiger partial charge in [-0.15, -0.1) is 0 Å². The predicted octanol–water partition coefficient (Wildman–Crippen LogP) is 4.91. The van der Waals surface area contributed by atoms with E-state index in [4.69, 9.17) is 9.15 Å². The molecule has 1 heterocycles. The molecule has 1 aromatic heterocycles. The van der Waals surface area contributed by atoms with Crippen molar-refractivity contribution in [2.45, 2.75) is 17.0 Å². The highest BCUT2D eigenvalue weighted by atomic mass is 32.2. The Morgan fingerprint density at radius 3 is 2.56 bits per heavy atom. The van der Waals surface area contributed by atoms with Crippen LogP contribution in [0.1, 0.15) is 5.56 Å². The van der Waals surface area contributed by atoms with Gasteiger partial charge in [0.1, 0.15) is 11.3 Å². The van der Waals surface area contributed by atoms with E-state index in [2.05, 4.69) is 10.3 Å². The van der Waals surface area contributed by atoms with Gasteiger partial charge in [-0.05, 0) is 49.4 Å². The number of ether oxygens (including phenoxy) is 1. The van der Waals surface area contributed by atoms with E-state index in [0.29, 0.717) is 28.3 Å². The minimum Gasteiger partial charge on any atom is -0.455 e. The van der Waals surface area contributed by atoms with Crippen LogP contribution in [0.4, 0.5) is 5.69 Å². The van der Waals surface area contributed by atoms with Gasteiger partial charge in [-0.25, -0.2) is 17.7 Å². The number of fused-ring (bicyclic) bond motifs is 1. The summed E-state index contributed by atoms with van der Waals surface area (Å²) in [4.78, 5) is 17.0. The molecule has 176 valence electrons. The number of sulfonamides is 1. The van der Waals surface area contributed by atoms with E-state index in [1.807, 2.05) is 43.3 Å². The largest absolute Gasteiger partial charge is 0.455 e. The van der Waals surface area contributed by atoms with E-state index in [-0.39, 0.29) is 21.8 Å². The maximum absolute atomic E-state index is 12.6. The van der Waals surface area contributed by atoms with Crippen LogP contribution in [-0.4, -0.2) is 43.5 Å². The molecule has 0 unspecified atom stereocenters. The van der Waals surface area contributed by atoms with Gasteiger partial charge in [-0.1, -0.05) is 41.6 Å². The Labute approximate surface area is 202 Å². The molecular formula is C24H23N3O5S2. The van der Waals surface area contributed by atoms with E-state index < -0.39 is 10.0 Å². The summed E-state index contributed by atoms with van der Waals surface area (Å²) in [5, 5.41) is 3.12. The number of hydrogen-bond acceptors (Lipinski definition) is 7. The van der Waals surface area contributed by atoms with E-state index >= 15 is 0 Å². The molecule has 0 fully saturated rings. The van der Waals surface area contributed by atoms with E-state index in [0.717, 1.165) is 21.6 Å². The SMILES string of the molecule is Cc1ccc(Oc2ccccc2NC(=O)CSc2nc3cc(S(=O)(=O)N(C)C)ccc3o2)cc1. The monoisotopic (exact) mass is 497 g/mol. The second-order valence-corrected chi connectivity index (χ2v) is 10.7. The molecule has 0 spiro atoms. The molecule has 0 saturated heterocycles. The highest BCUT2D eigenvalue weighted by Crippen LogP contribution is 2.30. The first-order chi connectivity index (χ1) is 16.2. The van der Waals surface area contributed by atoms with Crippen molar-refractivity contribution in [1.29, 1.82) is 0 Å². The molecular weight excluding hydrogens is 474 g/mol. The number of oxazole rings is 1. The molecule has 0 aliphatic heterocycles. The van der Waals surface area contributed by atoms with Gasteiger partial charge in [-0.3, -0.25) is 4.79 Å². The van der Waals surface area contributed by atoms with Crippen LogP contribution in [0, 0.1) is 6.92 Å². The molecule has 1 amide bonds. The minimum absolute atomic E-state index is 0.0501. The molecule has 8 nitrogen and oxygen atoms in total. The highest BCUT2D eigenvalue weighted by molar-refractivity contribution is 7.99. The van der Waals surface area contributed by atoms with Gasteiger partial charge < -0.3 is 14.5 Å². The lowest BCUT2D eigenvalue weighted by Crippen LogP contribution is -2.22. The minimum atomic E-state index is -3.58. The molecule has 1 N–H and O–H groups in total. The topological polar surface area (TPSA) is 102 Å². The van der Waals surface area contributed by atoms with Crippen LogP contribution >= 0.6 is 11.8 Å². The van der Waals surface area contributed by atoms with Gasteiger partial charge >= 0.3 is 0 Å². The van der Waals surface area contributed by atoms with Crippen molar-refractivity contribution >= 4 is 44.5 Å². The zero-order chi connectivity index (χ0) is 24.3. The lowest BCUT2D eigenvalue weighted by Gasteiger charge is -2.12. The number of aryl methyl sites for hydroxylation is 1. The third kappa shape index (κ3) is 5.41. The Bertz CT molecular complexity index is 1430. The molecule has 34 heavy (non-hydrogen) atoms. The fourth-order valence-corrected chi connectivity index (χ4v) is 4.59. The summed E-state index contributed by atoms with van der Waals surface area (Å²) in [6.07, 6.45) is 0. The van der Waals surface area contributed by atoms with Crippen molar-refractivity contribution in [3.63, 3.8) is 0 Å². The van der Waals surface area contributed by atoms with E-state index in [1.165, 1.54) is 26.2 Å². The number of nitrogens with zero attached hydrogens (tertiary/aromatic N) is 2. The molecule has 0 saturated carbocycles. The molecule has 4 rings (SSSR count). The van der Waals surface area contributed by atoms with Crippen molar-refractivity contribution in [3.8, 4) is 11.5 Å². The first kappa shape index (κ1) is 23.8. The van der Waals surface area contributed by atoms with Gasteiger partial charge in [0.2, 0.25) is 15.9 Å². The predicted molar refractivity (Wildman–Crippen MR) is 132 cm³/mol. The zero-order valence-electron chi connectivity index (χ0n) is 18.8. The van der Waals surface area contributed by atoms with Gasteiger partial charge in [0.05, 0.1) is 16.3 Å². The third-order valence-corrected chi connectivity index (χ3v) is 7.49. The smallest absolute Gasteiger partial charge is 0.257 e. The number of thioether (sulfide) groups is 1. The van der Waals surface area contributed by atoms with Crippen LogP contribution < -0.4 is 10.1 Å². The third-order valence-electron chi connectivity index (χ3n) is 4.85. The quantitative estimate of drug-likeness (QED) is 0.345. The van der Waals surface area contributed by atoms with Crippen molar-refractivity contribution < 1.29 is 22.4 Å². The Morgan fingerprint density at radius 1 is 1.09 bits per heavy atom. The summed E-state index contributed by atoms with van der Waals surface area (Å²) >= 11 is 1.11. The van der Waals surface area contributed by atoms with Gasteiger partial charge in [0.15, 0.2) is 11.3 Å². The van der Waals surface area contributed by atoms with Crippen molar-refractivity contribution in [2.24, 2.45) is 0 Å². The molecule has 0 atom stereocenters. The van der Waals surface area contributed by atoms with Gasteiger partial charge in [0, 0.05) is 14.1 Å². The van der Waals surface area contributed by atoms with Crippen LogP contribution in [0.2, 0.25) is 0 Å². The number of aromatic nitrogens is 1. The number of anilines is 1. The lowest BCUT2D eigenvalue weighted by molar-refractivity contribution is -0.113. The Kier molecular flexibility index (Phi) is 6.92. The summed E-state index contributed by atoms with van der Waals surface area (Å²) in [6.45, 7) is 2.00. The second-order valence-electron chi connectivity index (χ2n) is 7.64. The van der Waals surface area contributed by atoms with Gasteiger partial charge in [-0.2, -0.15) is 0 Å². The Balaban J connectivity index is 1.42. The summed E-state index contributed by atoms with van der Waals surface area (Å²) in [5.74, 6) is 0.988. The zero-order valence-corrected chi connectivity index (χ0v) is 20.4. The Hall–Kier alpha value is -3.34. The number of amides is 1. The maximum atomic E-state index is 12.6. The molecule has 0 bridgehead atoms. The standard InChI is InChI=1S/C24H23N3O5S2/c1-16-8-10-17(11-9-16)31-21-7-5-4-6-19(21)25-23(28)15-33-24-26-20-14-18(12-13-22(20)32-24)34(29,30)27(2)3/h4-14H,15H2,1-3H3,(H,25,28). The van der Waals surface area contributed by atoms with Crippen molar-refractivity contribution in [2.75, 3.05) is 25.2 Å². The number of carbonyl (C=O) groups is 1. The van der Waals surface area contributed by atoms with Gasteiger partial charge in [0.25, 0.3) is 5.22 Å². The first-order valence-corrected chi connectivity index (χ1v) is 12.7. The molecule has 0 aliphatic carbocycles. The van der Waals surface area contributed by atoms with Crippen LogP contribution in [-0.2, 0) is 14.8 Å². The summed E-state index contributed by atoms with van der Waals surface area (Å²) < 4.78 is 37.4. The molecule has 3 aromatic carbocycles. The first-order valence-electron chi connectivity index (χ1n) is 10.3. The number of carbonyl (C=O) groups excluding carboxylic acids is 1. The average molecular weight is 498 g/mol. The molecule has 0 aliphatic rings. The van der Waals surface area contributed by atoms with Crippen LogP contribution in [0.25, 0.3) is 11.1 Å². The van der Waals surface area contributed by atoms with Crippen LogP contribution in [0.15, 0.2) is 81.3 Å². The summed E-state index contributed by atoms with van der Waals surface area (Å²) in [7, 11) is -0.651. The van der Waals surface area contributed by atoms with Crippen LogP contribution in [0.3, 0.4) is 0 Å². The Morgan fingerprint density at radius 2 is 1.82 bits per heavy atom. The van der Waals surface area contributed by atoms with E-state index in [1.54, 1.807) is 18.2 Å². The molecule has 0 radical (unpaired) electrons. The van der Waals surface area contributed by atoms with Crippen molar-refractivity contribution in [3.05, 3.63) is 72.3 Å². The lowest BCUT2D eigenvalue weighted by atomic mass is 10.2. The fourth-order valence-electron chi connectivity index (χ4n) is 3.02. The normalized spacial score (nSPS) is 11.6.